The molecule has 2 aromatic rings. The van der Waals surface area contributed by atoms with E-state index in [0.29, 0.717) is 16.8 Å². The molecule has 6 nitrogen and oxygen atoms in total. The van der Waals surface area contributed by atoms with E-state index in [2.05, 4.69) is 25.4 Å². The Balaban J connectivity index is 0.00000109. The second-order valence-corrected chi connectivity index (χ2v) is 6.33. The lowest BCUT2D eigenvalue weighted by atomic mass is 9.92. The van der Waals surface area contributed by atoms with Crippen molar-refractivity contribution >= 4 is 23.3 Å². The van der Waals surface area contributed by atoms with Crippen LogP contribution in [0.25, 0.3) is 0 Å². The van der Waals surface area contributed by atoms with Gasteiger partial charge in [-0.1, -0.05) is 25.4 Å². The molecular weight excluding hydrogens is 338 g/mol. The van der Waals surface area contributed by atoms with Crippen LogP contribution in [0.3, 0.4) is 0 Å². The fourth-order valence-corrected chi connectivity index (χ4v) is 3.07. The lowest BCUT2D eigenvalue weighted by Crippen LogP contribution is -2.46. The van der Waals surface area contributed by atoms with Gasteiger partial charge in [0.25, 0.3) is 0 Å². The summed E-state index contributed by atoms with van der Waals surface area (Å²) in [5.41, 5.74) is 1.21. The number of amides is 1. The van der Waals surface area contributed by atoms with E-state index in [4.69, 9.17) is 11.6 Å². The second-order valence-electron chi connectivity index (χ2n) is 5.89. The summed E-state index contributed by atoms with van der Waals surface area (Å²) < 4.78 is 0. The van der Waals surface area contributed by atoms with E-state index in [-0.39, 0.29) is 11.9 Å². The SMILES string of the molecule is CC.CC(C(=O)Nc1ccc(Cl)cn1)N1CCCC(c2cn[nH]c2)C1. The Bertz CT molecular complexity index is 644. The van der Waals surface area contributed by atoms with Crippen LogP contribution in [0.1, 0.15) is 45.1 Å². The van der Waals surface area contributed by atoms with Gasteiger partial charge in [0.1, 0.15) is 5.82 Å². The van der Waals surface area contributed by atoms with Gasteiger partial charge >= 0.3 is 0 Å². The molecule has 2 aromatic heterocycles. The van der Waals surface area contributed by atoms with E-state index in [1.165, 1.54) is 11.8 Å². The van der Waals surface area contributed by atoms with Gasteiger partial charge in [-0.05, 0) is 49.9 Å². The minimum absolute atomic E-state index is 0.0485. The number of nitrogens with one attached hydrogen (secondary N) is 2. The van der Waals surface area contributed by atoms with E-state index < -0.39 is 0 Å². The van der Waals surface area contributed by atoms with Crippen LogP contribution in [-0.2, 0) is 4.79 Å². The third-order valence-corrected chi connectivity index (χ3v) is 4.57. The summed E-state index contributed by atoms with van der Waals surface area (Å²) in [6.07, 6.45) is 7.54. The monoisotopic (exact) mass is 363 g/mol. The molecule has 1 aliphatic heterocycles. The number of aromatic nitrogens is 3. The molecule has 0 bridgehead atoms. The van der Waals surface area contributed by atoms with Crippen molar-refractivity contribution < 1.29 is 4.79 Å². The molecule has 0 radical (unpaired) electrons. The maximum absolute atomic E-state index is 12.4. The van der Waals surface area contributed by atoms with Crippen molar-refractivity contribution in [3.05, 3.63) is 41.3 Å². The highest BCUT2D eigenvalue weighted by atomic mass is 35.5. The first-order valence-electron chi connectivity index (χ1n) is 8.78. The molecule has 3 rings (SSSR count). The lowest BCUT2D eigenvalue weighted by molar-refractivity contribution is -0.121. The van der Waals surface area contributed by atoms with Crippen molar-refractivity contribution in [3.63, 3.8) is 0 Å². The van der Waals surface area contributed by atoms with Gasteiger partial charge in [0, 0.05) is 18.9 Å². The van der Waals surface area contributed by atoms with Gasteiger partial charge in [-0.15, -0.1) is 0 Å². The molecular formula is C18H26ClN5O. The number of nitrogens with zero attached hydrogens (tertiary/aromatic N) is 3. The summed E-state index contributed by atoms with van der Waals surface area (Å²) >= 11 is 5.81. The number of carbonyl (C=O) groups excluding carboxylic acids is 1. The van der Waals surface area contributed by atoms with Crippen LogP contribution in [0, 0.1) is 0 Å². The first-order chi connectivity index (χ1) is 12.1. The van der Waals surface area contributed by atoms with Gasteiger partial charge < -0.3 is 5.32 Å². The van der Waals surface area contributed by atoms with E-state index in [9.17, 15) is 4.79 Å². The third-order valence-electron chi connectivity index (χ3n) is 4.35. The number of halogens is 1. The lowest BCUT2D eigenvalue weighted by Gasteiger charge is -2.35. The topological polar surface area (TPSA) is 73.9 Å². The Hall–Kier alpha value is -1.92. The highest BCUT2D eigenvalue weighted by Gasteiger charge is 2.28. The van der Waals surface area contributed by atoms with Gasteiger partial charge in [-0.2, -0.15) is 5.10 Å². The first kappa shape index (κ1) is 19.4. The molecule has 3 heterocycles. The van der Waals surface area contributed by atoms with Crippen molar-refractivity contribution in [2.45, 2.75) is 45.6 Å². The van der Waals surface area contributed by atoms with Gasteiger partial charge in [0.15, 0.2) is 0 Å². The predicted molar refractivity (Wildman–Crippen MR) is 101 cm³/mol. The zero-order valence-corrected chi connectivity index (χ0v) is 15.8. The molecule has 25 heavy (non-hydrogen) atoms. The number of rotatable bonds is 4. The summed E-state index contributed by atoms with van der Waals surface area (Å²) in [5.74, 6) is 0.897. The molecule has 0 saturated carbocycles. The number of piperidine rings is 1. The average Bonchev–Trinajstić information content (AvgIpc) is 3.19. The Morgan fingerprint density at radius 1 is 1.40 bits per heavy atom. The summed E-state index contributed by atoms with van der Waals surface area (Å²) in [6.45, 7) is 7.72. The number of H-pyrrole nitrogens is 1. The number of hydrogen-bond donors (Lipinski definition) is 2. The molecule has 0 spiro atoms. The summed E-state index contributed by atoms with van der Waals surface area (Å²) in [6, 6.07) is 3.21. The smallest absolute Gasteiger partial charge is 0.242 e. The zero-order valence-electron chi connectivity index (χ0n) is 15.0. The standard InChI is InChI=1S/C16H20ClN5O.C2H6/c1-11(16(23)21-15-5-4-14(17)9-18-15)22-6-2-3-12(10-22)13-7-19-20-8-13;1-2/h4-5,7-9,11-12H,2-3,6,10H2,1H3,(H,19,20)(H,18,21,23);1-2H3. The van der Waals surface area contributed by atoms with Crippen molar-refractivity contribution in [2.24, 2.45) is 0 Å². The van der Waals surface area contributed by atoms with Crippen LogP contribution in [-0.4, -0.2) is 45.1 Å². The minimum atomic E-state index is -0.206. The van der Waals surface area contributed by atoms with Crippen molar-refractivity contribution in [3.8, 4) is 0 Å². The average molecular weight is 364 g/mol. The minimum Gasteiger partial charge on any atom is -0.309 e. The van der Waals surface area contributed by atoms with Gasteiger partial charge in [-0.25, -0.2) is 4.98 Å². The van der Waals surface area contributed by atoms with Gasteiger partial charge in [0.2, 0.25) is 5.91 Å². The quantitative estimate of drug-likeness (QED) is 0.868. The van der Waals surface area contributed by atoms with Gasteiger partial charge in [-0.3, -0.25) is 14.8 Å². The molecule has 136 valence electrons. The molecule has 2 atom stereocenters. The summed E-state index contributed by atoms with van der Waals surface area (Å²) in [4.78, 5) is 18.8. The molecule has 7 heteroatoms. The molecule has 1 saturated heterocycles. The van der Waals surface area contributed by atoms with Crippen LogP contribution >= 0.6 is 11.6 Å². The second kappa shape index (κ2) is 9.53. The molecule has 0 aromatic carbocycles. The van der Waals surface area contributed by atoms with Crippen LogP contribution in [0.5, 0.6) is 0 Å². The van der Waals surface area contributed by atoms with Crippen LogP contribution in [0.2, 0.25) is 5.02 Å². The Morgan fingerprint density at radius 3 is 2.84 bits per heavy atom. The number of carbonyl (C=O) groups is 1. The van der Waals surface area contributed by atoms with Crippen LogP contribution < -0.4 is 5.32 Å². The number of hydrogen-bond acceptors (Lipinski definition) is 4. The van der Waals surface area contributed by atoms with Gasteiger partial charge in [0.05, 0.1) is 17.3 Å². The number of pyridine rings is 1. The molecule has 0 aliphatic carbocycles. The van der Waals surface area contributed by atoms with E-state index in [1.807, 2.05) is 33.2 Å². The number of likely N-dealkylation sites (tertiary alicyclic amines) is 1. The molecule has 1 amide bonds. The predicted octanol–water partition coefficient (Wildman–Crippen LogP) is 3.69. The summed E-state index contributed by atoms with van der Waals surface area (Å²) in [7, 11) is 0. The third kappa shape index (κ3) is 5.28. The normalized spacial score (nSPS) is 18.8. The first-order valence-corrected chi connectivity index (χ1v) is 9.16. The Morgan fingerprint density at radius 2 is 2.20 bits per heavy atom. The zero-order chi connectivity index (χ0) is 18.2. The fraction of sp³-hybridized carbons (Fsp3) is 0.500. The maximum atomic E-state index is 12.4. The number of aromatic amines is 1. The molecule has 2 N–H and O–H groups in total. The van der Waals surface area contributed by atoms with Crippen molar-refractivity contribution in [1.82, 2.24) is 20.1 Å². The largest absolute Gasteiger partial charge is 0.309 e. The van der Waals surface area contributed by atoms with E-state index in [0.717, 1.165) is 25.9 Å². The van der Waals surface area contributed by atoms with Crippen LogP contribution in [0.4, 0.5) is 5.82 Å². The summed E-state index contributed by atoms with van der Waals surface area (Å²) in [5, 5.41) is 10.3. The molecule has 1 aliphatic rings. The highest BCUT2D eigenvalue weighted by molar-refractivity contribution is 6.30. The van der Waals surface area contributed by atoms with Crippen molar-refractivity contribution in [2.75, 3.05) is 18.4 Å². The molecule has 2 unspecified atom stereocenters. The number of anilines is 1. The Labute approximate surface area is 154 Å². The van der Waals surface area contributed by atoms with E-state index in [1.54, 1.807) is 12.1 Å². The highest BCUT2D eigenvalue weighted by Crippen LogP contribution is 2.27. The maximum Gasteiger partial charge on any atom is 0.242 e. The fourth-order valence-electron chi connectivity index (χ4n) is 2.96. The van der Waals surface area contributed by atoms with Crippen molar-refractivity contribution in [1.29, 1.82) is 0 Å². The van der Waals surface area contributed by atoms with Crippen LogP contribution in [0.15, 0.2) is 30.7 Å². The van der Waals surface area contributed by atoms with E-state index >= 15 is 0 Å². The molecule has 1 fully saturated rings. The Kier molecular flexibility index (Phi) is 7.40.